The van der Waals surface area contributed by atoms with E-state index in [1.54, 1.807) is 0 Å². The Morgan fingerprint density at radius 1 is 1.08 bits per heavy atom. The fourth-order valence-electron chi connectivity index (χ4n) is 2.46. The van der Waals surface area contributed by atoms with Crippen molar-refractivity contribution in [1.82, 2.24) is 4.98 Å². The lowest BCUT2D eigenvalue weighted by Gasteiger charge is -2.17. The van der Waals surface area contributed by atoms with Crippen molar-refractivity contribution >= 4 is 21.7 Å². The molecule has 1 aromatic carbocycles. The first-order valence-corrected chi connectivity index (χ1v) is 7.41. The number of alkyl halides is 6. The Bertz CT molecular complexity index is 871. The molecule has 1 aromatic heterocycles. The molecule has 0 bridgehead atoms. The Morgan fingerprint density at radius 2 is 1.76 bits per heavy atom. The number of hydrogen-bond donors (Lipinski definition) is 0. The predicted molar refractivity (Wildman–Crippen MR) is 76.6 cm³/mol. The van der Waals surface area contributed by atoms with Gasteiger partial charge in [-0.15, -0.1) is 0 Å². The van der Waals surface area contributed by atoms with Crippen LogP contribution in [0.4, 0.5) is 26.3 Å². The molecule has 0 amide bonds. The van der Waals surface area contributed by atoms with Gasteiger partial charge in [0.2, 0.25) is 5.78 Å². The average molecular weight is 426 g/mol. The third kappa shape index (κ3) is 2.59. The summed E-state index contributed by atoms with van der Waals surface area (Å²) in [5, 5.41) is 0. The number of carbonyl (C=O) groups excluding carboxylic acids is 1. The van der Waals surface area contributed by atoms with Gasteiger partial charge in [-0.2, -0.15) is 17.6 Å². The highest BCUT2D eigenvalue weighted by molar-refractivity contribution is 9.10. The van der Waals surface area contributed by atoms with Crippen molar-refractivity contribution in [2.45, 2.75) is 18.3 Å². The van der Waals surface area contributed by atoms with Gasteiger partial charge in [-0.05, 0) is 34.1 Å². The quantitative estimate of drug-likeness (QED) is 0.609. The first-order chi connectivity index (χ1) is 11.6. The van der Waals surface area contributed by atoms with E-state index in [1.165, 1.54) is 12.3 Å². The summed E-state index contributed by atoms with van der Waals surface area (Å²) < 4.78 is 87.0. The van der Waals surface area contributed by atoms with Crippen LogP contribution in [-0.4, -0.2) is 16.7 Å². The average Bonchev–Trinajstić information content (AvgIpc) is 2.65. The van der Waals surface area contributed by atoms with Gasteiger partial charge in [0.25, 0.3) is 6.43 Å². The highest BCUT2D eigenvalue weighted by atomic mass is 79.9. The van der Waals surface area contributed by atoms with E-state index in [9.17, 15) is 31.1 Å². The van der Waals surface area contributed by atoms with Gasteiger partial charge in [-0.1, -0.05) is 0 Å². The number of nitrogens with zero attached hydrogens (tertiary/aromatic N) is 1. The number of ketones is 1. The van der Waals surface area contributed by atoms with Crippen LogP contribution >= 0.6 is 15.9 Å². The zero-order valence-electron chi connectivity index (χ0n) is 11.9. The smallest absolute Gasteiger partial charge is 0.376 e. The standard InChI is InChI=1S/C15H6BrF6NO2/c16-6-3-7(5-23-4-6)25-9-2-1-8-10(11(9)13(17)18)12(24)15(21,22)14(8,19)20/h1-5,13H. The molecule has 0 aliphatic heterocycles. The van der Waals surface area contributed by atoms with Crippen LogP contribution in [0.5, 0.6) is 11.5 Å². The van der Waals surface area contributed by atoms with Crippen LogP contribution in [0.1, 0.15) is 27.9 Å². The number of pyridine rings is 1. The molecule has 1 aliphatic rings. The third-order valence-electron chi connectivity index (χ3n) is 3.58. The van der Waals surface area contributed by atoms with Crippen molar-refractivity contribution in [1.29, 1.82) is 0 Å². The Morgan fingerprint density at radius 3 is 2.36 bits per heavy atom. The summed E-state index contributed by atoms with van der Waals surface area (Å²) in [5.41, 5.74) is -4.16. The Balaban J connectivity index is 2.19. The minimum atomic E-state index is -5.10. The monoisotopic (exact) mass is 425 g/mol. The molecule has 25 heavy (non-hydrogen) atoms. The zero-order chi connectivity index (χ0) is 18.6. The predicted octanol–water partition coefficient (Wildman–Crippen LogP) is 5.50. The van der Waals surface area contributed by atoms with Gasteiger partial charge in [0, 0.05) is 21.8 Å². The van der Waals surface area contributed by atoms with Crippen LogP contribution in [0, 0.1) is 0 Å². The van der Waals surface area contributed by atoms with Gasteiger partial charge in [0.1, 0.15) is 11.5 Å². The van der Waals surface area contributed by atoms with Crippen LogP contribution in [0.15, 0.2) is 35.1 Å². The van der Waals surface area contributed by atoms with E-state index >= 15 is 0 Å². The lowest BCUT2D eigenvalue weighted by atomic mass is 10.0. The molecule has 0 unspecified atom stereocenters. The maximum Gasteiger partial charge on any atom is 0.376 e. The van der Waals surface area contributed by atoms with Gasteiger partial charge in [0.15, 0.2) is 0 Å². The zero-order valence-corrected chi connectivity index (χ0v) is 13.5. The summed E-state index contributed by atoms with van der Waals surface area (Å²) in [6.07, 6.45) is -0.981. The molecule has 1 heterocycles. The molecule has 2 aromatic rings. The van der Waals surface area contributed by atoms with E-state index in [-0.39, 0.29) is 5.75 Å². The van der Waals surface area contributed by atoms with Crippen LogP contribution < -0.4 is 4.74 Å². The second-order valence-electron chi connectivity index (χ2n) is 5.12. The Labute approximate surface area is 144 Å². The second-order valence-corrected chi connectivity index (χ2v) is 6.04. The third-order valence-corrected chi connectivity index (χ3v) is 4.01. The maximum absolute atomic E-state index is 13.7. The van der Waals surface area contributed by atoms with Gasteiger partial charge in [-0.25, -0.2) is 8.78 Å². The van der Waals surface area contributed by atoms with Crippen LogP contribution in [0.3, 0.4) is 0 Å². The summed E-state index contributed by atoms with van der Waals surface area (Å²) in [6, 6.07) is 2.52. The number of ether oxygens (including phenoxy) is 1. The van der Waals surface area contributed by atoms with E-state index in [2.05, 4.69) is 20.9 Å². The second kappa shape index (κ2) is 5.72. The van der Waals surface area contributed by atoms with E-state index in [4.69, 9.17) is 4.74 Å². The molecule has 10 heteroatoms. The number of aromatic nitrogens is 1. The molecule has 0 fully saturated rings. The summed E-state index contributed by atoms with van der Waals surface area (Å²) in [7, 11) is 0. The normalized spacial score (nSPS) is 17.7. The Hall–Kier alpha value is -2.10. The summed E-state index contributed by atoms with van der Waals surface area (Å²) in [6.45, 7) is 0. The lowest BCUT2D eigenvalue weighted by molar-refractivity contribution is -0.176. The molecule has 0 radical (unpaired) electrons. The van der Waals surface area contributed by atoms with Crippen LogP contribution in [0.2, 0.25) is 0 Å². The first kappa shape index (κ1) is 17.7. The largest absolute Gasteiger partial charge is 0.455 e. The molecular formula is C15H6BrF6NO2. The topological polar surface area (TPSA) is 39.2 Å². The van der Waals surface area contributed by atoms with Crippen molar-refractivity contribution in [2.24, 2.45) is 0 Å². The summed E-state index contributed by atoms with van der Waals surface area (Å²) >= 11 is 3.07. The van der Waals surface area contributed by atoms with Crippen molar-refractivity contribution < 1.29 is 35.9 Å². The van der Waals surface area contributed by atoms with E-state index < -0.39 is 46.5 Å². The number of fused-ring (bicyclic) bond motifs is 1. The van der Waals surface area contributed by atoms with Crippen molar-refractivity contribution in [2.75, 3.05) is 0 Å². The molecular weight excluding hydrogens is 420 g/mol. The summed E-state index contributed by atoms with van der Waals surface area (Å²) in [5.74, 6) is -13.1. The molecule has 3 rings (SSSR count). The molecule has 0 atom stereocenters. The fourth-order valence-corrected chi connectivity index (χ4v) is 2.80. The number of hydrogen-bond acceptors (Lipinski definition) is 3. The highest BCUT2D eigenvalue weighted by Gasteiger charge is 2.70. The van der Waals surface area contributed by atoms with Crippen molar-refractivity contribution in [3.05, 3.63) is 51.8 Å². The van der Waals surface area contributed by atoms with Crippen molar-refractivity contribution in [3.8, 4) is 11.5 Å². The van der Waals surface area contributed by atoms with Gasteiger partial charge < -0.3 is 4.74 Å². The minimum Gasteiger partial charge on any atom is -0.455 e. The highest BCUT2D eigenvalue weighted by Crippen LogP contribution is 2.55. The Kier molecular flexibility index (Phi) is 4.05. The lowest BCUT2D eigenvalue weighted by Crippen LogP contribution is -2.38. The van der Waals surface area contributed by atoms with Crippen LogP contribution in [-0.2, 0) is 5.92 Å². The minimum absolute atomic E-state index is 0.0554. The molecule has 0 N–H and O–H groups in total. The van der Waals surface area contributed by atoms with E-state index in [1.807, 2.05) is 0 Å². The number of halogens is 7. The molecule has 0 saturated carbocycles. The number of carbonyl (C=O) groups is 1. The summed E-state index contributed by atoms with van der Waals surface area (Å²) in [4.78, 5) is 15.4. The number of Topliss-reactive ketones (excluding diaryl/α,β-unsaturated/α-hetero) is 1. The van der Waals surface area contributed by atoms with Crippen LogP contribution in [0.25, 0.3) is 0 Å². The molecule has 132 valence electrons. The van der Waals surface area contributed by atoms with Crippen molar-refractivity contribution in [3.63, 3.8) is 0 Å². The van der Waals surface area contributed by atoms with Gasteiger partial charge in [-0.3, -0.25) is 9.78 Å². The van der Waals surface area contributed by atoms with Gasteiger partial charge >= 0.3 is 11.8 Å². The SMILES string of the molecule is O=C1c2c(ccc(Oc3cncc(Br)c3)c2C(F)F)C(F)(F)C1(F)F. The molecule has 0 spiro atoms. The fraction of sp³-hybridized carbons (Fsp3) is 0.200. The molecule has 0 saturated heterocycles. The van der Waals surface area contributed by atoms with E-state index in [0.717, 1.165) is 6.20 Å². The van der Waals surface area contributed by atoms with Gasteiger partial charge in [0.05, 0.1) is 11.8 Å². The number of rotatable bonds is 3. The van der Waals surface area contributed by atoms with E-state index in [0.29, 0.717) is 16.6 Å². The number of benzene rings is 1. The first-order valence-electron chi connectivity index (χ1n) is 6.61. The maximum atomic E-state index is 13.7. The molecule has 3 nitrogen and oxygen atoms in total. The molecule has 1 aliphatic carbocycles.